The Morgan fingerprint density at radius 1 is 0.846 bits per heavy atom. The van der Waals surface area contributed by atoms with E-state index in [-0.39, 0.29) is 0 Å². The number of rotatable bonds is 0. The molecule has 3 nitrogen and oxygen atoms in total. The third kappa shape index (κ3) is 1.99. The summed E-state index contributed by atoms with van der Waals surface area (Å²) in [6.45, 7) is 0. The summed E-state index contributed by atoms with van der Waals surface area (Å²) < 4.78 is 4.36. The van der Waals surface area contributed by atoms with Crippen LogP contribution in [0.15, 0.2) is 14.0 Å². The van der Waals surface area contributed by atoms with Gasteiger partial charge in [0, 0.05) is 0 Å². The van der Waals surface area contributed by atoms with Gasteiger partial charge in [0.05, 0.1) is 0 Å². The molecule has 0 atom stereocenters. The second kappa shape index (κ2) is 3.88. The molecule has 7 heteroatoms. The molecule has 0 aromatic carbocycles. The first-order valence-electron chi connectivity index (χ1n) is 2.82. The smallest absolute Gasteiger partial charge is 0.357 e. The lowest BCUT2D eigenvalue weighted by atomic mass is 10.5. The zero-order valence-corrected chi connectivity index (χ0v) is 8.76. The van der Waals surface area contributed by atoms with Crippen LogP contribution in [0.25, 0.3) is 0 Å². The fraction of sp³-hybridized carbons (Fsp3) is 0. The largest absolute Gasteiger partial charge is 0.408 e. The minimum absolute atomic E-state index is 0.476. The van der Waals surface area contributed by atoms with Crippen LogP contribution in [0.2, 0.25) is 20.3 Å². The van der Waals surface area contributed by atoms with Gasteiger partial charge in [-0.1, -0.05) is 34.8 Å². The maximum Gasteiger partial charge on any atom is 0.357 e. The van der Waals surface area contributed by atoms with E-state index in [2.05, 4.69) is 4.42 Å². The lowest BCUT2D eigenvalue weighted by Crippen LogP contribution is -2.01. The van der Waals surface area contributed by atoms with Crippen molar-refractivity contribution >= 4 is 46.4 Å². The lowest BCUT2D eigenvalue weighted by Gasteiger charge is -1.81. The molecule has 0 fully saturated rings. The molecule has 0 radical (unpaired) electrons. The highest BCUT2D eigenvalue weighted by Gasteiger charge is 2.13. The molecule has 0 N–H and O–H groups in total. The van der Waals surface area contributed by atoms with Gasteiger partial charge in [0.15, 0.2) is 0 Å². The van der Waals surface area contributed by atoms with Gasteiger partial charge in [0.2, 0.25) is 10.6 Å². The van der Waals surface area contributed by atoms with E-state index in [1.807, 2.05) is 0 Å². The van der Waals surface area contributed by atoms with Crippen molar-refractivity contribution in [2.75, 3.05) is 0 Å². The lowest BCUT2D eigenvalue weighted by molar-refractivity contribution is 0.519. The monoisotopic (exact) mass is 260 g/mol. The highest BCUT2D eigenvalue weighted by atomic mass is 35.5. The van der Waals surface area contributed by atoms with Crippen molar-refractivity contribution in [2.24, 2.45) is 0 Å². The molecule has 1 heterocycles. The SMILES string of the molecule is O=c1oc(Cl)c(Cl)c(=O)c(Cl)c1Cl. The fourth-order valence-corrected chi connectivity index (χ4v) is 1.18. The first-order valence-corrected chi connectivity index (χ1v) is 4.33. The van der Waals surface area contributed by atoms with Gasteiger partial charge in [-0.25, -0.2) is 4.79 Å². The molecule has 0 unspecified atom stereocenters. The number of halogens is 4. The third-order valence-corrected chi connectivity index (χ3v) is 2.63. The first kappa shape index (κ1) is 10.9. The van der Waals surface area contributed by atoms with Crippen LogP contribution in [0.5, 0.6) is 0 Å². The van der Waals surface area contributed by atoms with Crippen molar-refractivity contribution in [2.45, 2.75) is 0 Å². The summed E-state index contributed by atoms with van der Waals surface area (Å²) in [6.07, 6.45) is 0. The second-order valence-corrected chi connectivity index (χ2v) is 3.41. The molecule has 0 saturated heterocycles. The van der Waals surface area contributed by atoms with Crippen molar-refractivity contribution in [1.29, 1.82) is 0 Å². The van der Waals surface area contributed by atoms with Crippen LogP contribution in [0.3, 0.4) is 0 Å². The third-order valence-electron chi connectivity index (χ3n) is 1.13. The molecule has 0 amide bonds. The van der Waals surface area contributed by atoms with E-state index in [4.69, 9.17) is 46.4 Å². The van der Waals surface area contributed by atoms with E-state index >= 15 is 0 Å². The van der Waals surface area contributed by atoms with E-state index in [1.54, 1.807) is 0 Å². The van der Waals surface area contributed by atoms with Crippen molar-refractivity contribution in [3.05, 3.63) is 40.9 Å². The van der Waals surface area contributed by atoms with Crippen LogP contribution in [0.1, 0.15) is 0 Å². The Morgan fingerprint density at radius 2 is 1.38 bits per heavy atom. The Bertz CT molecular complexity index is 465. The molecule has 0 bridgehead atoms. The fourth-order valence-electron chi connectivity index (χ4n) is 0.546. The molecule has 70 valence electrons. The van der Waals surface area contributed by atoms with Crippen LogP contribution in [0.4, 0.5) is 0 Å². The van der Waals surface area contributed by atoms with Crippen LogP contribution < -0.4 is 11.1 Å². The van der Waals surface area contributed by atoms with Gasteiger partial charge in [-0.3, -0.25) is 4.79 Å². The van der Waals surface area contributed by atoms with Gasteiger partial charge in [-0.05, 0) is 11.6 Å². The van der Waals surface area contributed by atoms with Crippen LogP contribution >= 0.6 is 46.4 Å². The van der Waals surface area contributed by atoms with E-state index in [0.717, 1.165) is 0 Å². The van der Waals surface area contributed by atoms with Crippen molar-refractivity contribution in [3.8, 4) is 0 Å². The average Bonchev–Trinajstić information content (AvgIpc) is 2.15. The Balaban J connectivity index is 3.94. The molecule has 0 aliphatic heterocycles. The summed E-state index contributed by atoms with van der Waals surface area (Å²) in [5.41, 5.74) is -1.86. The molecule has 0 aliphatic rings. The van der Waals surface area contributed by atoms with Gasteiger partial charge < -0.3 is 4.42 Å². The standard InChI is InChI=1S/C6Cl4O3/c7-1-2(8)6(12)13-5(10)3(9)4(1)11. The van der Waals surface area contributed by atoms with Crippen molar-refractivity contribution in [1.82, 2.24) is 0 Å². The van der Waals surface area contributed by atoms with Gasteiger partial charge in [-0.15, -0.1) is 0 Å². The first-order chi connectivity index (χ1) is 5.95. The van der Waals surface area contributed by atoms with E-state index in [1.165, 1.54) is 0 Å². The average molecular weight is 262 g/mol. The quantitative estimate of drug-likeness (QED) is 0.721. The molecule has 1 rings (SSSR count). The summed E-state index contributed by atoms with van der Waals surface area (Å²) in [5, 5.41) is -2.06. The van der Waals surface area contributed by atoms with Gasteiger partial charge in [0.1, 0.15) is 15.1 Å². The highest BCUT2D eigenvalue weighted by molar-refractivity contribution is 6.44. The molecule has 1 aromatic rings. The van der Waals surface area contributed by atoms with E-state index < -0.39 is 31.3 Å². The molecule has 13 heavy (non-hydrogen) atoms. The molecule has 0 spiro atoms. The summed E-state index contributed by atoms with van der Waals surface area (Å²) >= 11 is 21.5. The second-order valence-electron chi connectivity index (χ2n) is 1.93. The van der Waals surface area contributed by atoms with Gasteiger partial charge >= 0.3 is 5.63 Å². The minimum atomic E-state index is -1.01. The Hall–Kier alpha value is -0.220. The van der Waals surface area contributed by atoms with Crippen molar-refractivity contribution in [3.63, 3.8) is 0 Å². The molecular weight excluding hydrogens is 262 g/mol. The van der Waals surface area contributed by atoms with Gasteiger partial charge in [-0.2, -0.15) is 0 Å². The maximum atomic E-state index is 11.1. The topological polar surface area (TPSA) is 47.3 Å². The summed E-state index contributed by atoms with van der Waals surface area (Å²) in [7, 11) is 0. The summed E-state index contributed by atoms with van der Waals surface area (Å²) in [4.78, 5) is 22.0. The highest BCUT2D eigenvalue weighted by Crippen LogP contribution is 2.20. The summed E-state index contributed by atoms with van der Waals surface area (Å²) in [5.74, 6) is 0. The molecule has 0 aliphatic carbocycles. The normalized spacial score (nSPS) is 10.2. The zero-order chi connectivity index (χ0) is 10.2. The molecular formula is C6Cl4O3. The van der Waals surface area contributed by atoms with E-state index in [0.29, 0.717) is 0 Å². The van der Waals surface area contributed by atoms with Crippen molar-refractivity contribution < 1.29 is 4.42 Å². The van der Waals surface area contributed by atoms with Gasteiger partial charge in [0.25, 0.3) is 0 Å². The zero-order valence-electron chi connectivity index (χ0n) is 5.74. The Morgan fingerprint density at radius 3 is 1.92 bits per heavy atom. The maximum absolute atomic E-state index is 11.1. The van der Waals surface area contributed by atoms with Crippen LogP contribution in [0, 0.1) is 0 Å². The molecule has 1 aromatic heterocycles. The predicted molar refractivity (Wildman–Crippen MR) is 51.3 cm³/mol. The predicted octanol–water partition coefficient (Wildman–Crippen LogP) is 2.61. The summed E-state index contributed by atoms with van der Waals surface area (Å²) in [6, 6.07) is 0. The number of hydrogen-bond donors (Lipinski definition) is 0. The van der Waals surface area contributed by atoms with Crippen LogP contribution in [-0.4, -0.2) is 0 Å². The Kier molecular flexibility index (Phi) is 3.24. The molecule has 0 saturated carbocycles. The number of hydrogen-bond acceptors (Lipinski definition) is 3. The minimum Gasteiger partial charge on any atom is -0.408 e. The van der Waals surface area contributed by atoms with Crippen LogP contribution in [-0.2, 0) is 0 Å². The van der Waals surface area contributed by atoms with E-state index in [9.17, 15) is 9.59 Å². The Labute approximate surface area is 91.8 Å².